The monoisotopic (exact) mass is 328 g/mol. The summed E-state index contributed by atoms with van der Waals surface area (Å²) in [4.78, 5) is 2.43. The van der Waals surface area contributed by atoms with E-state index in [0.29, 0.717) is 17.4 Å². The molecule has 0 amide bonds. The van der Waals surface area contributed by atoms with E-state index in [0.717, 1.165) is 50.5 Å². The van der Waals surface area contributed by atoms with Crippen LogP contribution in [-0.2, 0) is 6.54 Å². The third kappa shape index (κ3) is 6.03. The summed E-state index contributed by atoms with van der Waals surface area (Å²) in [5.74, 6) is 1.42. The summed E-state index contributed by atoms with van der Waals surface area (Å²) < 4.78 is 10.9. The van der Waals surface area contributed by atoms with Gasteiger partial charge in [0.05, 0.1) is 13.7 Å². The molecule has 126 valence electrons. The summed E-state index contributed by atoms with van der Waals surface area (Å²) in [7, 11) is 1.62. The van der Waals surface area contributed by atoms with Gasteiger partial charge in [-0.05, 0) is 51.2 Å². The van der Waals surface area contributed by atoms with E-state index in [-0.39, 0.29) is 0 Å². The minimum Gasteiger partial charge on any atom is -0.493 e. The lowest BCUT2D eigenvalue weighted by molar-refractivity contribution is 0.298. The Labute approximate surface area is 139 Å². The lowest BCUT2D eigenvalue weighted by Crippen LogP contribution is -2.27. The van der Waals surface area contributed by atoms with Crippen molar-refractivity contribution in [1.82, 2.24) is 10.2 Å². The van der Waals surface area contributed by atoms with E-state index in [1.54, 1.807) is 7.11 Å². The van der Waals surface area contributed by atoms with E-state index in [2.05, 4.69) is 24.1 Å². The standard InChI is InChI=1S/C17H29ClN2O2/c1-5-20(6-2)10-8-9-19-13-14-11-17(22-7-3)16(21-4)12-15(14)18/h11-12,19H,5-10,13H2,1-4H3. The van der Waals surface area contributed by atoms with Gasteiger partial charge in [-0.15, -0.1) is 0 Å². The van der Waals surface area contributed by atoms with Crippen LogP contribution in [0.3, 0.4) is 0 Å². The minimum absolute atomic E-state index is 0.606. The number of halogens is 1. The van der Waals surface area contributed by atoms with E-state index >= 15 is 0 Å². The predicted octanol–water partition coefficient (Wildman–Crippen LogP) is 3.57. The molecule has 0 radical (unpaired) electrons. The molecule has 0 saturated heterocycles. The number of nitrogens with one attached hydrogen (secondary N) is 1. The fraction of sp³-hybridized carbons (Fsp3) is 0.647. The van der Waals surface area contributed by atoms with Crippen LogP contribution >= 0.6 is 11.6 Å². The molecule has 0 aromatic heterocycles. The van der Waals surface area contributed by atoms with Gasteiger partial charge in [-0.1, -0.05) is 25.4 Å². The molecular formula is C17H29ClN2O2. The van der Waals surface area contributed by atoms with Crippen molar-refractivity contribution in [3.05, 3.63) is 22.7 Å². The SMILES string of the molecule is CCOc1cc(CNCCCN(CC)CC)c(Cl)cc1OC. The van der Waals surface area contributed by atoms with Crippen LogP contribution in [0.25, 0.3) is 0 Å². The molecule has 0 aliphatic rings. The van der Waals surface area contributed by atoms with Crippen molar-refractivity contribution in [2.75, 3.05) is 39.9 Å². The quantitative estimate of drug-likeness (QED) is 0.630. The first-order valence-electron chi connectivity index (χ1n) is 8.08. The predicted molar refractivity (Wildman–Crippen MR) is 93.3 cm³/mol. The number of hydrogen-bond acceptors (Lipinski definition) is 4. The molecule has 0 aliphatic carbocycles. The van der Waals surface area contributed by atoms with Gasteiger partial charge in [-0.2, -0.15) is 0 Å². The van der Waals surface area contributed by atoms with Gasteiger partial charge < -0.3 is 19.7 Å². The van der Waals surface area contributed by atoms with Crippen molar-refractivity contribution in [2.45, 2.75) is 33.7 Å². The smallest absolute Gasteiger partial charge is 0.162 e. The fourth-order valence-electron chi connectivity index (χ4n) is 2.33. The largest absolute Gasteiger partial charge is 0.493 e. The zero-order chi connectivity index (χ0) is 16.4. The third-order valence-corrected chi connectivity index (χ3v) is 4.02. The molecule has 0 heterocycles. The van der Waals surface area contributed by atoms with E-state index in [4.69, 9.17) is 21.1 Å². The Morgan fingerprint density at radius 1 is 1.14 bits per heavy atom. The highest BCUT2D eigenvalue weighted by Crippen LogP contribution is 2.33. The summed E-state index contributed by atoms with van der Waals surface area (Å²) >= 11 is 6.30. The van der Waals surface area contributed by atoms with E-state index in [9.17, 15) is 0 Å². The van der Waals surface area contributed by atoms with Gasteiger partial charge in [0, 0.05) is 17.6 Å². The summed E-state index contributed by atoms with van der Waals surface area (Å²) in [6.45, 7) is 12.0. The lowest BCUT2D eigenvalue weighted by Gasteiger charge is -2.18. The van der Waals surface area contributed by atoms with Gasteiger partial charge in [-0.25, -0.2) is 0 Å². The number of hydrogen-bond donors (Lipinski definition) is 1. The molecule has 0 saturated carbocycles. The first-order valence-corrected chi connectivity index (χ1v) is 8.46. The van der Waals surface area contributed by atoms with Crippen LogP contribution < -0.4 is 14.8 Å². The van der Waals surface area contributed by atoms with Crippen LogP contribution in [0, 0.1) is 0 Å². The van der Waals surface area contributed by atoms with Crippen molar-refractivity contribution in [3.8, 4) is 11.5 Å². The Morgan fingerprint density at radius 2 is 1.86 bits per heavy atom. The van der Waals surface area contributed by atoms with E-state index in [1.165, 1.54) is 0 Å². The zero-order valence-corrected chi connectivity index (χ0v) is 15.0. The highest BCUT2D eigenvalue weighted by Gasteiger charge is 2.10. The molecular weight excluding hydrogens is 300 g/mol. The summed E-state index contributed by atoms with van der Waals surface area (Å²) in [5, 5.41) is 4.15. The second-order valence-corrected chi connectivity index (χ2v) is 5.49. The van der Waals surface area contributed by atoms with Gasteiger partial charge >= 0.3 is 0 Å². The van der Waals surface area contributed by atoms with Gasteiger partial charge in [0.15, 0.2) is 11.5 Å². The van der Waals surface area contributed by atoms with Gasteiger partial charge in [-0.3, -0.25) is 0 Å². The molecule has 4 nitrogen and oxygen atoms in total. The van der Waals surface area contributed by atoms with Crippen LogP contribution in [-0.4, -0.2) is 44.8 Å². The molecule has 0 fully saturated rings. The van der Waals surface area contributed by atoms with Gasteiger partial charge in [0.1, 0.15) is 0 Å². The third-order valence-electron chi connectivity index (χ3n) is 3.67. The Kier molecular flexibility index (Phi) is 9.28. The van der Waals surface area contributed by atoms with Crippen molar-refractivity contribution in [3.63, 3.8) is 0 Å². The summed E-state index contributed by atoms with van der Waals surface area (Å²) in [5.41, 5.74) is 1.04. The summed E-state index contributed by atoms with van der Waals surface area (Å²) in [6.07, 6.45) is 1.13. The Hall–Kier alpha value is -0.970. The van der Waals surface area contributed by atoms with Crippen LogP contribution in [0.2, 0.25) is 5.02 Å². The van der Waals surface area contributed by atoms with Crippen molar-refractivity contribution in [1.29, 1.82) is 0 Å². The summed E-state index contributed by atoms with van der Waals surface area (Å²) in [6, 6.07) is 3.78. The minimum atomic E-state index is 0.606. The van der Waals surface area contributed by atoms with Crippen LogP contribution in [0.15, 0.2) is 12.1 Å². The van der Waals surface area contributed by atoms with E-state index < -0.39 is 0 Å². The topological polar surface area (TPSA) is 33.7 Å². The second-order valence-electron chi connectivity index (χ2n) is 5.08. The van der Waals surface area contributed by atoms with E-state index in [1.807, 2.05) is 19.1 Å². The van der Waals surface area contributed by atoms with Gasteiger partial charge in [0.25, 0.3) is 0 Å². The Morgan fingerprint density at radius 3 is 2.45 bits per heavy atom. The Bertz CT molecular complexity index is 437. The second kappa shape index (κ2) is 10.7. The molecule has 22 heavy (non-hydrogen) atoms. The first-order chi connectivity index (χ1) is 10.7. The van der Waals surface area contributed by atoms with Crippen LogP contribution in [0.5, 0.6) is 11.5 Å². The number of nitrogens with zero attached hydrogens (tertiary/aromatic N) is 1. The van der Waals surface area contributed by atoms with Crippen LogP contribution in [0.4, 0.5) is 0 Å². The molecule has 1 rings (SSSR count). The normalized spacial score (nSPS) is 11.0. The average Bonchev–Trinajstić information content (AvgIpc) is 2.53. The number of benzene rings is 1. The molecule has 0 unspecified atom stereocenters. The maximum absolute atomic E-state index is 6.30. The molecule has 0 bridgehead atoms. The fourth-order valence-corrected chi connectivity index (χ4v) is 2.55. The lowest BCUT2D eigenvalue weighted by atomic mass is 10.2. The highest BCUT2D eigenvalue weighted by atomic mass is 35.5. The molecule has 0 spiro atoms. The van der Waals surface area contributed by atoms with Crippen molar-refractivity contribution in [2.24, 2.45) is 0 Å². The highest BCUT2D eigenvalue weighted by molar-refractivity contribution is 6.31. The van der Waals surface area contributed by atoms with Crippen molar-refractivity contribution >= 4 is 11.6 Å². The maximum atomic E-state index is 6.30. The number of methoxy groups -OCH3 is 1. The number of rotatable bonds is 11. The molecule has 1 aromatic rings. The van der Waals surface area contributed by atoms with Crippen LogP contribution in [0.1, 0.15) is 32.8 Å². The molecule has 5 heteroatoms. The van der Waals surface area contributed by atoms with Crippen molar-refractivity contribution < 1.29 is 9.47 Å². The maximum Gasteiger partial charge on any atom is 0.162 e. The Balaban J connectivity index is 2.50. The first kappa shape index (κ1) is 19.1. The molecule has 0 atom stereocenters. The molecule has 1 N–H and O–H groups in total. The zero-order valence-electron chi connectivity index (χ0n) is 14.2. The average molecular weight is 329 g/mol. The molecule has 1 aromatic carbocycles. The van der Waals surface area contributed by atoms with Gasteiger partial charge in [0.2, 0.25) is 0 Å². The molecule has 0 aliphatic heterocycles. The number of ether oxygens (including phenoxy) is 2.